The van der Waals surface area contributed by atoms with Crippen LogP contribution in [0.3, 0.4) is 0 Å². The molecule has 0 radical (unpaired) electrons. The summed E-state index contributed by atoms with van der Waals surface area (Å²) in [5.41, 5.74) is 3.02. The quantitative estimate of drug-likeness (QED) is 0.746. The topological polar surface area (TPSA) is 56.1 Å². The normalized spacial score (nSPS) is 18.3. The van der Waals surface area contributed by atoms with Crippen molar-refractivity contribution in [1.82, 2.24) is 19.7 Å². The molecule has 1 amide bonds. The van der Waals surface area contributed by atoms with Crippen LogP contribution < -0.4 is 4.90 Å². The number of likely N-dealkylation sites (tertiary alicyclic amines) is 1. The molecule has 2 aliphatic heterocycles. The van der Waals surface area contributed by atoms with Crippen molar-refractivity contribution in [1.29, 1.82) is 0 Å². The second-order valence-electron chi connectivity index (χ2n) is 8.24. The summed E-state index contributed by atoms with van der Waals surface area (Å²) in [5, 5.41) is 0. The van der Waals surface area contributed by atoms with Crippen LogP contribution in [0.15, 0.2) is 34.9 Å². The van der Waals surface area contributed by atoms with E-state index in [1.165, 1.54) is 17.5 Å². The summed E-state index contributed by atoms with van der Waals surface area (Å²) in [6.07, 6.45) is 3.69. The highest BCUT2D eigenvalue weighted by Crippen LogP contribution is 2.16. The van der Waals surface area contributed by atoms with E-state index in [2.05, 4.69) is 58.0 Å². The lowest BCUT2D eigenvalue weighted by molar-refractivity contribution is 0.0786. The number of hydrogen-bond donors (Lipinski definition) is 0. The Morgan fingerprint density at radius 1 is 0.966 bits per heavy atom. The van der Waals surface area contributed by atoms with Crippen molar-refractivity contribution < 1.29 is 9.21 Å². The molecule has 29 heavy (non-hydrogen) atoms. The van der Waals surface area contributed by atoms with E-state index < -0.39 is 0 Å². The number of oxazole rings is 1. The van der Waals surface area contributed by atoms with Crippen LogP contribution in [-0.4, -0.2) is 79.0 Å². The van der Waals surface area contributed by atoms with E-state index in [0.29, 0.717) is 18.1 Å². The summed E-state index contributed by atoms with van der Waals surface area (Å²) in [4.78, 5) is 25.7. The number of rotatable bonds is 6. The highest BCUT2D eigenvalue weighted by Gasteiger charge is 2.24. The molecule has 7 nitrogen and oxygen atoms in total. The number of carbonyl (C=O) groups is 1. The first-order chi connectivity index (χ1) is 14.1. The second-order valence-corrected chi connectivity index (χ2v) is 8.24. The van der Waals surface area contributed by atoms with Crippen LogP contribution in [0.25, 0.3) is 0 Å². The van der Waals surface area contributed by atoms with Gasteiger partial charge in [0.25, 0.3) is 5.91 Å². The van der Waals surface area contributed by atoms with E-state index in [1.54, 1.807) is 0 Å². The van der Waals surface area contributed by atoms with Crippen molar-refractivity contribution >= 4 is 11.6 Å². The van der Waals surface area contributed by atoms with Gasteiger partial charge in [-0.2, -0.15) is 0 Å². The van der Waals surface area contributed by atoms with E-state index in [-0.39, 0.29) is 5.91 Å². The Bertz CT molecular complexity index is 803. The molecule has 0 saturated carbocycles. The van der Waals surface area contributed by atoms with Crippen molar-refractivity contribution in [2.24, 2.45) is 0 Å². The van der Waals surface area contributed by atoms with Crippen LogP contribution in [0.4, 0.5) is 5.69 Å². The second kappa shape index (κ2) is 8.97. The maximum absolute atomic E-state index is 12.4. The van der Waals surface area contributed by atoms with Crippen LogP contribution in [0.5, 0.6) is 0 Å². The molecule has 0 spiro atoms. The number of anilines is 1. The summed E-state index contributed by atoms with van der Waals surface area (Å²) >= 11 is 0. The lowest BCUT2D eigenvalue weighted by atomic mass is 10.1. The predicted molar refractivity (Wildman–Crippen MR) is 113 cm³/mol. The molecule has 0 unspecified atom stereocenters. The first kappa shape index (κ1) is 19.9. The first-order valence-electron chi connectivity index (χ1n) is 10.5. The first-order valence-corrected chi connectivity index (χ1v) is 10.5. The molecule has 7 heteroatoms. The van der Waals surface area contributed by atoms with Gasteiger partial charge in [-0.25, -0.2) is 4.98 Å². The zero-order chi connectivity index (χ0) is 20.2. The van der Waals surface area contributed by atoms with Gasteiger partial charge >= 0.3 is 0 Å². The van der Waals surface area contributed by atoms with Crippen molar-refractivity contribution in [3.63, 3.8) is 0 Å². The van der Waals surface area contributed by atoms with Crippen molar-refractivity contribution in [2.75, 3.05) is 58.3 Å². The smallest absolute Gasteiger partial charge is 0.275 e. The Labute approximate surface area is 172 Å². The number of benzene rings is 1. The van der Waals surface area contributed by atoms with Crippen LogP contribution >= 0.6 is 0 Å². The zero-order valence-electron chi connectivity index (χ0n) is 17.5. The Balaban J connectivity index is 1.24. The minimum Gasteiger partial charge on any atom is -0.447 e. The average Bonchev–Trinajstić information content (AvgIpc) is 3.42. The number of nitrogens with zero attached hydrogens (tertiary/aromatic N) is 5. The molecule has 1 aromatic carbocycles. The van der Waals surface area contributed by atoms with Gasteiger partial charge in [0.15, 0.2) is 5.69 Å². The SMILES string of the molecule is CN(C)c1ccc(CN2CCN(Cc3nc(C(=O)N4CCCC4)co3)CC2)cc1. The van der Waals surface area contributed by atoms with Gasteiger partial charge in [0.1, 0.15) is 6.26 Å². The Kier molecular flexibility index (Phi) is 6.16. The van der Waals surface area contributed by atoms with E-state index in [1.807, 2.05) is 4.90 Å². The molecule has 2 saturated heterocycles. The zero-order valence-corrected chi connectivity index (χ0v) is 17.5. The van der Waals surface area contributed by atoms with Gasteiger partial charge in [-0.05, 0) is 30.5 Å². The van der Waals surface area contributed by atoms with Crippen molar-refractivity contribution in [2.45, 2.75) is 25.9 Å². The fourth-order valence-corrected chi connectivity index (χ4v) is 4.02. The van der Waals surface area contributed by atoms with E-state index in [0.717, 1.165) is 58.7 Å². The molecule has 2 fully saturated rings. The lowest BCUT2D eigenvalue weighted by Gasteiger charge is -2.34. The van der Waals surface area contributed by atoms with Gasteiger partial charge < -0.3 is 14.2 Å². The van der Waals surface area contributed by atoms with E-state index in [9.17, 15) is 4.79 Å². The highest BCUT2D eigenvalue weighted by atomic mass is 16.3. The highest BCUT2D eigenvalue weighted by molar-refractivity contribution is 5.92. The van der Waals surface area contributed by atoms with E-state index >= 15 is 0 Å². The van der Waals surface area contributed by atoms with Crippen LogP contribution in [0.2, 0.25) is 0 Å². The van der Waals surface area contributed by atoms with Crippen molar-refractivity contribution in [3.05, 3.63) is 47.7 Å². The predicted octanol–water partition coefficient (Wildman–Crippen LogP) is 2.29. The summed E-state index contributed by atoms with van der Waals surface area (Å²) in [6.45, 7) is 7.32. The average molecular weight is 398 g/mol. The van der Waals surface area contributed by atoms with Crippen molar-refractivity contribution in [3.8, 4) is 0 Å². The third-order valence-electron chi connectivity index (χ3n) is 5.85. The Morgan fingerprint density at radius 3 is 2.21 bits per heavy atom. The number of piperazine rings is 1. The van der Waals surface area contributed by atoms with Crippen LogP contribution in [0.1, 0.15) is 34.8 Å². The van der Waals surface area contributed by atoms with Gasteiger partial charge in [0, 0.05) is 65.6 Å². The van der Waals surface area contributed by atoms with Gasteiger partial charge in [0.2, 0.25) is 5.89 Å². The Morgan fingerprint density at radius 2 is 1.59 bits per heavy atom. The maximum atomic E-state index is 12.4. The number of aromatic nitrogens is 1. The number of hydrogen-bond acceptors (Lipinski definition) is 6. The summed E-state index contributed by atoms with van der Waals surface area (Å²) < 4.78 is 5.58. The van der Waals surface area contributed by atoms with Crippen LogP contribution in [-0.2, 0) is 13.1 Å². The third-order valence-corrected chi connectivity index (χ3v) is 5.85. The molecule has 156 valence electrons. The molecule has 4 rings (SSSR count). The number of carbonyl (C=O) groups excluding carboxylic acids is 1. The maximum Gasteiger partial charge on any atom is 0.275 e. The monoisotopic (exact) mass is 397 g/mol. The molecule has 1 aromatic heterocycles. The van der Waals surface area contributed by atoms with Crippen LogP contribution in [0, 0.1) is 0 Å². The van der Waals surface area contributed by atoms with Gasteiger partial charge in [-0.3, -0.25) is 14.6 Å². The van der Waals surface area contributed by atoms with Gasteiger partial charge in [0.05, 0.1) is 6.54 Å². The third kappa shape index (κ3) is 4.97. The van der Waals surface area contributed by atoms with Gasteiger partial charge in [-0.1, -0.05) is 12.1 Å². The summed E-state index contributed by atoms with van der Waals surface area (Å²) in [5.74, 6) is 0.642. The molecule has 0 aliphatic carbocycles. The molecule has 0 atom stereocenters. The minimum absolute atomic E-state index is 0.00241. The summed E-state index contributed by atoms with van der Waals surface area (Å²) in [6, 6.07) is 8.78. The largest absolute Gasteiger partial charge is 0.447 e. The molecular formula is C22H31N5O2. The fraction of sp³-hybridized carbons (Fsp3) is 0.545. The molecule has 2 aliphatic rings. The standard InChI is InChI=1S/C22H31N5O2/c1-24(2)19-7-5-18(6-8-19)15-25-11-13-26(14-12-25)16-21-23-20(17-29-21)22(28)27-9-3-4-10-27/h5-8,17H,3-4,9-16H2,1-2H3. The van der Waals surface area contributed by atoms with E-state index in [4.69, 9.17) is 4.42 Å². The minimum atomic E-state index is 0.00241. The number of amides is 1. The molecular weight excluding hydrogens is 366 g/mol. The fourth-order valence-electron chi connectivity index (χ4n) is 4.02. The molecule has 0 N–H and O–H groups in total. The lowest BCUT2D eigenvalue weighted by Crippen LogP contribution is -2.45. The molecule has 3 heterocycles. The Hall–Kier alpha value is -2.38. The summed E-state index contributed by atoms with van der Waals surface area (Å²) in [7, 11) is 4.13. The van der Waals surface area contributed by atoms with Gasteiger partial charge in [-0.15, -0.1) is 0 Å². The molecule has 0 bridgehead atoms. The molecule has 2 aromatic rings.